The number of anilines is 1. The SMILES string of the molecule is O=C(NCc1ccco1)Nc1cccnc1C(=O)O. The molecule has 0 saturated heterocycles. The lowest BCUT2D eigenvalue weighted by Crippen LogP contribution is -2.28. The number of hydrogen-bond donors (Lipinski definition) is 3. The van der Waals surface area contributed by atoms with Gasteiger partial charge in [0.15, 0.2) is 5.69 Å². The maximum Gasteiger partial charge on any atom is 0.356 e. The second-order valence-corrected chi connectivity index (χ2v) is 3.59. The van der Waals surface area contributed by atoms with Crippen LogP contribution in [0.2, 0.25) is 0 Å². The molecule has 0 aliphatic heterocycles. The van der Waals surface area contributed by atoms with Crippen LogP contribution in [0.1, 0.15) is 16.2 Å². The quantitative estimate of drug-likeness (QED) is 0.776. The summed E-state index contributed by atoms with van der Waals surface area (Å²) in [7, 11) is 0. The minimum absolute atomic E-state index is 0.131. The molecule has 0 radical (unpaired) electrons. The number of pyridine rings is 1. The molecule has 19 heavy (non-hydrogen) atoms. The van der Waals surface area contributed by atoms with Gasteiger partial charge >= 0.3 is 12.0 Å². The van der Waals surface area contributed by atoms with Gasteiger partial charge in [-0.3, -0.25) is 0 Å². The number of nitrogens with one attached hydrogen (secondary N) is 2. The van der Waals surface area contributed by atoms with Gasteiger partial charge in [0.05, 0.1) is 18.5 Å². The van der Waals surface area contributed by atoms with Crippen LogP contribution in [-0.4, -0.2) is 22.1 Å². The standard InChI is InChI=1S/C12H11N3O4/c16-11(17)10-9(4-1-5-13-10)15-12(18)14-7-8-3-2-6-19-8/h1-6H,7H2,(H,16,17)(H2,14,15,18). The third-order valence-electron chi connectivity index (χ3n) is 2.26. The summed E-state index contributed by atoms with van der Waals surface area (Å²) in [5.41, 5.74) is -0.0809. The summed E-state index contributed by atoms with van der Waals surface area (Å²) in [5.74, 6) is -0.610. The topological polar surface area (TPSA) is 104 Å². The average Bonchev–Trinajstić information content (AvgIpc) is 2.90. The molecule has 0 spiro atoms. The van der Waals surface area contributed by atoms with Crippen LogP contribution >= 0.6 is 0 Å². The van der Waals surface area contributed by atoms with Crippen molar-refractivity contribution in [2.45, 2.75) is 6.54 Å². The Morgan fingerprint density at radius 3 is 2.84 bits per heavy atom. The Hall–Kier alpha value is -2.83. The first-order chi connectivity index (χ1) is 9.16. The maximum absolute atomic E-state index is 11.6. The van der Waals surface area contributed by atoms with Crippen LogP contribution in [0.25, 0.3) is 0 Å². The number of nitrogens with zero attached hydrogens (tertiary/aromatic N) is 1. The Kier molecular flexibility index (Phi) is 3.77. The van der Waals surface area contributed by atoms with Crippen LogP contribution in [0.4, 0.5) is 10.5 Å². The average molecular weight is 261 g/mol. The molecule has 3 N–H and O–H groups in total. The molecule has 0 bridgehead atoms. The second-order valence-electron chi connectivity index (χ2n) is 3.59. The fourth-order valence-corrected chi connectivity index (χ4v) is 1.42. The van der Waals surface area contributed by atoms with E-state index in [1.165, 1.54) is 24.6 Å². The van der Waals surface area contributed by atoms with Crippen molar-refractivity contribution in [2.24, 2.45) is 0 Å². The molecule has 2 rings (SSSR count). The number of carbonyl (C=O) groups excluding carboxylic acids is 1. The molecule has 0 saturated carbocycles. The molecule has 7 heteroatoms. The summed E-state index contributed by atoms with van der Waals surface area (Å²) < 4.78 is 5.05. The number of carboxylic acid groups (broad SMARTS) is 1. The van der Waals surface area contributed by atoms with Crippen molar-refractivity contribution < 1.29 is 19.1 Å². The molecule has 2 heterocycles. The maximum atomic E-state index is 11.6. The van der Waals surface area contributed by atoms with Crippen molar-refractivity contribution >= 4 is 17.7 Å². The normalized spacial score (nSPS) is 9.89. The van der Waals surface area contributed by atoms with Gasteiger partial charge in [-0.25, -0.2) is 14.6 Å². The van der Waals surface area contributed by atoms with Gasteiger partial charge in [-0.15, -0.1) is 0 Å². The van der Waals surface area contributed by atoms with Gasteiger partial charge in [0.2, 0.25) is 0 Å². The van der Waals surface area contributed by atoms with Crippen molar-refractivity contribution in [3.8, 4) is 0 Å². The zero-order valence-corrected chi connectivity index (χ0v) is 9.79. The summed E-state index contributed by atoms with van der Waals surface area (Å²) in [6.45, 7) is 0.210. The molecular formula is C12H11N3O4. The number of furan rings is 1. The smallest absolute Gasteiger partial charge is 0.356 e. The molecule has 2 aromatic rings. The lowest BCUT2D eigenvalue weighted by atomic mass is 10.3. The largest absolute Gasteiger partial charge is 0.476 e. The van der Waals surface area contributed by atoms with Crippen molar-refractivity contribution in [1.82, 2.24) is 10.3 Å². The van der Waals surface area contributed by atoms with Gasteiger partial charge in [0.1, 0.15) is 5.76 Å². The number of carbonyl (C=O) groups is 2. The third kappa shape index (κ3) is 3.32. The molecule has 0 aliphatic carbocycles. The predicted octanol–water partition coefficient (Wildman–Crippen LogP) is 1.69. The predicted molar refractivity (Wildman–Crippen MR) is 65.8 cm³/mol. The number of rotatable bonds is 4. The van der Waals surface area contributed by atoms with Crippen molar-refractivity contribution in [1.29, 1.82) is 0 Å². The lowest BCUT2D eigenvalue weighted by Gasteiger charge is -2.08. The van der Waals surface area contributed by atoms with Crippen LogP contribution in [-0.2, 0) is 6.54 Å². The number of amides is 2. The summed E-state index contributed by atoms with van der Waals surface area (Å²) in [6.07, 6.45) is 2.84. The van der Waals surface area contributed by atoms with E-state index in [1.807, 2.05) is 0 Å². The number of carboxylic acids is 1. The monoisotopic (exact) mass is 261 g/mol. The molecule has 0 aliphatic rings. The number of aromatic nitrogens is 1. The van der Waals surface area contributed by atoms with Crippen molar-refractivity contribution in [3.63, 3.8) is 0 Å². The first-order valence-electron chi connectivity index (χ1n) is 5.42. The van der Waals surface area contributed by atoms with Gasteiger partial charge in [-0.05, 0) is 24.3 Å². The van der Waals surface area contributed by atoms with E-state index in [-0.39, 0.29) is 17.9 Å². The molecule has 0 aromatic carbocycles. The molecular weight excluding hydrogens is 250 g/mol. The summed E-state index contributed by atoms with van der Waals surface area (Å²) in [6, 6.07) is 5.88. The molecule has 0 fully saturated rings. The van der Waals surface area contributed by atoms with E-state index in [2.05, 4.69) is 15.6 Å². The minimum atomic E-state index is -1.21. The molecule has 7 nitrogen and oxygen atoms in total. The minimum Gasteiger partial charge on any atom is -0.476 e. The van der Waals surface area contributed by atoms with Crippen LogP contribution in [0.3, 0.4) is 0 Å². The van der Waals surface area contributed by atoms with Gasteiger partial charge < -0.3 is 20.2 Å². The number of hydrogen-bond acceptors (Lipinski definition) is 4. The van der Waals surface area contributed by atoms with Gasteiger partial charge in [0, 0.05) is 6.20 Å². The fraction of sp³-hybridized carbons (Fsp3) is 0.0833. The van der Waals surface area contributed by atoms with Crippen molar-refractivity contribution in [2.75, 3.05) is 5.32 Å². The Morgan fingerprint density at radius 1 is 1.32 bits per heavy atom. The highest BCUT2D eigenvalue weighted by atomic mass is 16.4. The van der Waals surface area contributed by atoms with Gasteiger partial charge in [0.25, 0.3) is 0 Å². The van der Waals surface area contributed by atoms with E-state index in [1.54, 1.807) is 12.1 Å². The third-order valence-corrected chi connectivity index (χ3v) is 2.26. The highest BCUT2D eigenvalue weighted by molar-refractivity contribution is 5.98. The van der Waals surface area contributed by atoms with E-state index >= 15 is 0 Å². The fourth-order valence-electron chi connectivity index (χ4n) is 1.42. The zero-order chi connectivity index (χ0) is 13.7. The van der Waals surface area contributed by atoms with Crippen LogP contribution in [0.15, 0.2) is 41.1 Å². The van der Waals surface area contributed by atoms with E-state index in [0.717, 1.165) is 0 Å². The molecule has 98 valence electrons. The molecule has 2 aromatic heterocycles. The van der Waals surface area contributed by atoms with Crippen molar-refractivity contribution in [3.05, 3.63) is 48.2 Å². The Labute approximate surface area is 108 Å². The van der Waals surface area contributed by atoms with Crippen LogP contribution in [0.5, 0.6) is 0 Å². The van der Waals surface area contributed by atoms with Crippen LogP contribution in [0, 0.1) is 0 Å². The first kappa shape index (κ1) is 12.6. The zero-order valence-electron chi connectivity index (χ0n) is 9.79. The van der Waals surface area contributed by atoms with Crippen LogP contribution < -0.4 is 10.6 Å². The number of aromatic carboxylic acids is 1. The van der Waals surface area contributed by atoms with E-state index in [0.29, 0.717) is 5.76 Å². The Bertz CT molecular complexity index is 580. The lowest BCUT2D eigenvalue weighted by molar-refractivity contribution is 0.0691. The van der Waals surface area contributed by atoms with Gasteiger partial charge in [-0.2, -0.15) is 0 Å². The van der Waals surface area contributed by atoms with E-state index in [4.69, 9.17) is 9.52 Å². The molecule has 0 atom stereocenters. The first-order valence-corrected chi connectivity index (χ1v) is 5.42. The summed E-state index contributed by atoms with van der Waals surface area (Å²) >= 11 is 0. The highest BCUT2D eigenvalue weighted by Crippen LogP contribution is 2.11. The summed E-state index contributed by atoms with van der Waals surface area (Å²) in [4.78, 5) is 26.2. The highest BCUT2D eigenvalue weighted by Gasteiger charge is 2.13. The van der Waals surface area contributed by atoms with E-state index in [9.17, 15) is 9.59 Å². The number of urea groups is 1. The Balaban J connectivity index is 1.97. The second kappa shape index (κ2) is 5.67. The molecule has 2 amide bonds. The van der Waals surface area contributed by atoms with Gasteiger partial charge in [-0.1, -0.05) is 0 Å². The van der Waals surface area contributed by atoms with E-state index < -0.39 is 12.0 Å². The summed E-state index contributed by atoms with van der Waals surface area (Å²) in [5, 5.41) is 13.9. The Morgan fingerprint density at radius 2 is 2.16 bits per heavy atom. The molecule has 0 unspecified atom stereocenters.